The number of methoxy groups -OCH3 is 1. The number of nitrogens with zero attached hydrogens (tertiary/aromatic N) is 2. The number of ether oxygens (including phenoxy) is 1. The van der Waals surface area contributed by atoms with Crippen molar-refractivity contribution in [3.8, 4) is 17.0 Å². The molecule has 2 aromatic heterocycles. The number of anilines is 3. The summed E-state index contributed by atoms with van der Waals surface area (Å²) in [7, 11) is 1.44. The van der Waals surface area contributed by atoms with Gasteiger partial charge in [0.15, 0.2) is 0 Å². The van der Waals surface area contributed by atoms with Crippen LogP contribution in [0.5, 0.6) is 5.75 Å². The van der Waals surface area contributed by atoms with Crippen molar-refractivity contribution in [1.82, 2.24) is 14.9 Å². The summed E-state index contributed by atoms with van der Waals surface area (Å²) in [4.78, 5) is 17.5. The van der Waals surface area contributed by atoms with Crippen LogP contribution in [0.15, 0.2) is 42.7 Å². The Kier molecular flexibility index (Phi) is 4.60. The van der Waals surface area contributed by atoms with Crippen LogP contribution in [0.4, 0.5) is 21.5 Å². The molecule has 3 aliphatic heterocycles. The Hall–Kier alpha value is -3.08. The summed E-state index contributed by atoms with van der Waals surface area (Å²) in [6.45, 7) is 1.36. The Labute approximate surface area is 194 Å². The van der Waals surface area contributed by atoms with Gasteiger partial charge >= 0.3 is 195 Å². The van der Waals surface area contributed by atoms with E-state index < -0.39 is 5.82 Å². The molecule has 1 aromatic carbocycles. The molecule has 3 aromatic rings. The van der Waals surface area contributed by atoms with Gasteiger partial charge in [0.1, 0.15) is 0 Å². The molecule has 0 bridgehead atoms. The molecule has 0 spiro atoms. The normalized spacial score (nSPS) is 20.1. The van der Waals surface area contributed by atoms with Crippen LogP contribution in [0.2, 0.25) is 0 Å². The minimum atomic E-state index is -0.460. The van der Waals surface area contributed by atoms with Gasteiger partial charge in [-0.2, -0.15) is 0 Å². The van der Waals surface area contributed by atoms with Gasteiger partial charge < -0.3 is 0 Å². The average Bonchev–Trinajstić information content (AvgIpc) is 3.12. The van der Waals surface area contributed by atoms with E-state index in [-0.39, 0.29) is 32.9 Å². The molecule has 0 radical (unpaired) electrons. The van der Waals surface area contributed by atoms with Gasteiger partial charge in [0.05, 0.1) is 0 Å². The van der Waals surface area contributed by atoms with E-state index in [1.807, 2.05) is 6.07 Å². The summed E-state index contributed by atoms with van der Waals surface area (Å²) in [6.07, 6.45) is 5.76. The van der Waals surface area contributed by atoms with Crippen LogP contribution in [0.1, 0.15) is 20.0 Å². The van der Waals surface area contributed by atoms with E-state index in [1.54, 1.807) is 24.5 Å². The quantitative estimate of drug-likeness (QED) is 0.333. The number of rotatable bonds is 3. The van der Waals surface area contributed by atoms with E-state index >= 15 is 0 Å². The van der Waals surface area contributed by atoms with E-state index in [1.165, 1.54) is 18.9 Å². The van der Waals surface area contributed by atoms with Gasteiger partial charge in [-0.05, 0) is 0 Å². The van der Waals surface area contributed by atoms with Crippen molar-refractivity contribution in [2.45, 2.75) is 3.92 Å². The van der Waals surface area contributed by atoms with Crippen LogP contribution in [0.25, 0.3) is 17.0 Å². The van der Waals surface area contributed by atoms with E-state index in [2.05, 4.69) is 31.6 Å². The van der Waals surface area contributed by atoms with Gasteiger partial charge in [-0.15, -0.1) is 0 Å². The number of pyridine rings is 1. The van der Waals surface area contributed by atoms with E-state index in [0.29, 0.717) is 34.0 Å². The zero-order chi connectivity index (χ0) is 21.8. The summed E-state index contributed by atoms with van der Waals surface area (Å²) in [5.74, 6) is -0.453. The van der Waals surface area contributed by atoms with Crippen LogP contribution >= 0.6 is 0 Å². The molecule has 7 nitrogen and oxygen atoms in total. The number of amides is 1. The second-order valence-corrected chi connectivity index (χ2v) is 10.9. The van der Waals surface area contributed by atoms with Crippen molar-refractivity contribution in [1.29, 1.82) is 0 Å². The minimum absolute atomic E-state index is 0.109. The molecule has 1 atom stereocenters. The maximum absolute atomic E-state index is 14.5. The zero-order valence-corrected chi connectivity index (χ0v) is 19.4. The summed E-state index contributed by atoms with van der Waals surface area (Å²) in [6, 6.07) is 6.70. The predicted molar refractivity (Wildman–Crippen MR) is 117 cm³/mol. The third-order valence-corrected chi connectivity index (χ3v) is 9.31. The fourth-order valence-electron chi connectivity index (χ4n) is 4.64. The first-order valence-corrected chi connectivity index (χ1v) is 13.1. The van der Waals surface area contributed by atoms with Crippen molar-refractivity contribution in [3.05, 3.63) is 59.8 Å². The van der Waals surface area contributed by atoms with E-state index in [9.17, 15) is 9.18 Å². The fourth-order valence-corrected chi connectivity index (χ4v) is 7.81. The third kappa shape index (κ3) is 2.83. The van der Waals surface area contributed by atoms with Gasteiger partial charge in [0.25, 0.3) is 0 Å². The number of hydrogen-bond donors (Lipinski definition) is 3. The van der Waals surface area contributed by atoms with E-state index in [4.69, 9.17) is 4.74 Å². The molecule has 3 aliphatic rings. The number of hydrogen-bond acceptors (Lipinski definition) is 5. The van der Waals surface area contributed by atoms with Crippen molar-refractivity contribution in [2.24, 2.45) is 0 Å². The Bertz CT molecular complexity index is 1300. The number of aromatic nitrogens is 2. The van der Waals surface area contributed by atoms with Crippen molar-refractivity contribution < 1.29 is 35.1 Å². The molecule has 0 fully saturated rings. The summed E-state index contributed by atoms with van der Waals surface area (Å²) in [5.41, 5.74) is 6.79. The molecular formula is C23H20FIN5O2-. The molecular weight excluding hydrogens is 524 g/mol. The number of para-hydroxylation sites is 1. The van der Waals surface area contributed by atoms with Gasteiger partial charge in [0, 0.05) is 0 Å². The average molecular weight is 544 g/mol. The second-order valence-electron chi connectivity index (χ2n) is 7.73. The van der Waals surface area contributed by atoms with E-state index in [0.717, 1.165) is 27.1 Å². The maximum atomic E-state index is 14.5. The first-order valence-electron chi connectivity index (χ1n) is 10.3. The number of fused-ring (bicyclic) bond motifs is 2. The number of halogens is 2. The fraction of sp³-hybridized carbons (Fsp3) is 0.217. The molecule has 1 amide bonds. The number of carbonyl (C=O) groups excluding carboxylic acids is 1. The Morgan fingerprint density at radius 1 is 1.31 bits per heavy atom. The summed E-state index contributed by atoms with van der Waals surface area (Å²) < 4.78 is 23.4. The molecule has 5 heterocycles. The Balaban J connectivity index is 1.68. The molecule has 3 N–H and O–H groups in total. The second kappa shape index (κ2) is 7.51. The van der Waals surface area contributed by atoms with Gasteiger partial charge in [-0.1, -0.05) is 0 Å². The van der Waals surface area contributed by atoms with Crippen LogP contribution in [-0.2, 0) is 0 Å². The van der Waals surface area contributed by atoms with Crippen LogP contribution < -0.4 is 41.9 Å². The number of nitrogens with one attached hydrogen (secondary N) is 3. The van der Waals surface area contributed by atoms with Gasteiger partial charge in [0.2, 0.25) is 0 Å². The molecule has 0 saturated heterocycles. The van der Waals surface area contributed by atoms with Crippen molar-refractivity contribution in [2.75, 3.05) is 35.3 Å². The Morgan fingerprint density at radius 3 is 3.09 bits per heavy atom. The van der Waals surface area contributed by atoms with Crippen molar-refractivity contribution in [3.63, 3.8) is 0 Å². The molecule has 164 valence electrons. The third-order valence-electron chi connectivity index (χ3n) is 6.00. The molecule has 32 heavy (non-hydrogen) atoms. The monoisotopic (exact) mass is 544 g/mol. The molecule has 6 rings (SSSR count). The Morgan fingerprint density at radius 2 is 2.22 bits per heavy atom. The summed E-state index contributed by atoms with van der Waals surface area (Å²) in [5, 5.41) is 9.90. The molecule has 0 unspecified atom stereocenters. The SMILES string of the molecule is COc1c(F)cccc1Nc1c2c3n4c1-c1ccncc1NC/C=C\4C[I-][C@@H]3CNC2=O. The standard InChI is InChI=1S/C23H20FIN5O2/c1-32-22-14(24)3-2-4-16(22)29-19-18-21-15(10-28-23(18)31)25-9-12-5-8-27-17-11-26-7-6-13(17)20(19)30(12)21/h2-7,11,15,27,29H,8-10H2,1H3,(H,28,31)/q-1/b12-5-/t15-/m1/s1. The topological polar surface area (TPSA) is 80.2 Å². The van der Waals surface area contributed by atoms with Gasteiger partial charge in [-0.3, -0.25) is 0 Å². The number of benzene rings is 1. The van der Waals surface area contributed by atoms with Gasteiger partial charge in [-0.25, -0.2) is 0 Å². The predicted octanol–water partition coefficient (Wildman–Crippen LogP) is 0.595. The van der Waals surface area contributed by atoms with Crippen LogP contribution in [0, 0.1) is 5.82 Å². The number of alkyl halides is 2. The number of allylic oxidation sites excluding steroid dienone is 1. The molecule has 9 heteroatoms. The van der Waals surface area contributed by atoms with Crippen LogP contribution in [0.3, 0.4) is 0 Å². The zero-order valence-electron chi connectivity index (χ0n) is 17.2. The number of carbonyl (C=O) groups is 1. The molecule has 0 saturated carbocycles. The summed E-state index contributed by atoms with van der Waals surface area (Å²) >= 11 is -0.159. The first kappa shape index (κ1) is 19.6. The van der Waals surface area contributed by atoms with Crippen LogP contribution in [-0.4, -0.2) is 40.1 Å². The van der Waals surface area contributed by atoms with Crippen molar-refractivity contribution >= 4 is 28.7 Å². The molecule has 0 aliphatic carbocycles. The first-order chi connectivity index (χ1) is 15.7.